The van der Waals surface area contributed by atoms with Crippen LogP contribution in [0, 0.1) is 0 Å². The van der Waals surface area contributed by atoms with Crippen LogP contribution in [0.1, 0.15) is 0 Å². The summed E-state index contributed by atoms with van der Waals surface area (Å²) in [5.74, 6) is 1.93. The molecule has 5 nitrogen and oxygen atoms in total. The van der Waals surface area contributed by atoms with E-state index < -0.39 is 0 Å². The van der Waals surface area contributed by atoms with Crippen molar-refractivity contribution in [2.24, 2.45) is 0 Å². The average molecular weight is 717 g/mol. The highest BCUT2D eigenvalue weighted by atomic mass is 16.3. The lowest BCUT2D eigenvalue weighted by Crippen LogP contribution is -2.00. The Kier molecular flexibility index (Phi) is 7.42. The molecule has 56 heavy (non-hydrogen) atoms. The molecule has 11 aromatic rings. The minimum atomic E-state index is 0.638. The molecule has 5 heteroatoms. The monoisotopic (exact) mass is 716 g/mol. The van der Waals surface area contributed by atoms with Crippen LogP contribution in [0.25, 0.3) is 106 Å². The van der Waals surface area contributed by atoms with E-state index in [1.165, 1.54) is 16.3 Å². The van der Waals surface area contributed by atoms with Crippen LogP contribution < -0.4 is 0 Å². The zero-order chi connectivity index (χ0) is 37.0. The number of rotatable bonds is 6. The zero-order valence-electron chi connectivity index (χ0n) is 30.2. The van der Waals surface area contributed by atoms with Crippen LogP contribution in [0.4, 0.5) is 0 Å². The molecule has 8 aromatic carbocycles. The number of nitrogens with zero attached hydrogens (tertiary/aromatic N) is 4. The van der Waals surface area contributed by atoms with Crippen molar-refractivity contribution in [3.8, 4) is 62.1 Å². The Balaban J connectivity index is 0.977. The minimum absolute atomic E-state index is 0.638. The third-order valence-electron chi connectivity index (χ3n) is 10.7. The van der Waals surface area contributed by atoms with Crippen molar-refractivity contribution >= 4 is 43.7 Å². The number of fused-ring (bicyclic) bond motifs is 6. The van der Waals surface area contributed by atoms with Gasteiger partial charge in [0.1, 0.15) is 11.2 Å². The maximum Gasteiger partial charge on any atom is 0.164 e. The van der Waals surface area contributed by atoms with Gasteiger partial charge in [-0.25, -0.2) is 15.0 Å². The topological polar surface area (TPSA) is 56.7 Å². The van der Waals surface area contributed by atoms with Crippen LogP contribution in [-0.4, -0.2) is 19.5 Å². The molecule has 0 aliphatic carbocycles. The van der Waals surface area contributed by atoms with E-state index >= 15 is 0 Å². The van der Waals surface area contributed by atoms with Gasteiger partial charge in [-0.3, -0.25) is 0 Å². The smallest absolute Gasteiger partial charge is 0.164 e. The fraction of sp³-hybridized carbons (Fsp3) is 0. The van der Waals surface area contributed by atoms with Crippen LogP contribution in [0.15, 0.2) is 199 Å². The van der Waals surface area contributed by atoms with Gasteiger partial charge in [0.2, 0.25) is 0 Å². The molecule has 262 valence electrons. The summed E-state index contributed by atoms with van der Waals surface area (Å²) in [5.41, 5.74) is 12.6. The van der Waals surface area contributed by atoms with Gasteiger partial charge < -0.3 is 8.98 Å². The van der Waals surface area contributed by atoms with Crippen molar-refractivity contribution in [2.75, 3.05) is 0 Å². The normalized spacial score (nSPS) is 11.6. The molecular formula is C51H32N4O. The van der Waals surface area contributed by atoms with E-state index in [2.05, 4.69) is 126 Å². The van der Waals surface area contributed by atoms with Crippen molar-refractivity contribution in [2.45, 2.75) is 0 Å². The quantitative estimate of drug-likeness (QED) is 0.172. The molecule has 0 bridgehead atoms. The second-order valence-electron chi connectivity index (χ2n) is 14.1. The Hall–Kier alpha value is -7.63. The third-order valence-corrected chi connectivity index (χ3v) is 10.7. The van der Waals surface area contributed by atoms with Crippen LogP contribution in [0.5, 0.6) is 0 Å². The van der Waals surface area contributed by atoms with Crippen molar-refractivity contribution < 1.29 is 4.42 Å². The summed E-state index contributed by atoms with van der Waals surface area (Å²) in [6.45, 7) is 0. The lowest BCUT2D eigenvalue weighted by molar-refractivity contribution is 0.669. The molecule has 0 radical (unpaired) electrons. The number of hydrogen-bond donors (Lipinski definition) is 0. The van der Waals surface area contributed by atoms with Gasteiger partial charge in [0.05, 0.1) is 11.0 Å². The number of aromatic nitrogens is 4. The second kappa shape index (κ2) is 13.0. The van der Waals surface area contributed by atoms with Crippen LogP contribution >= 0.6 is 0 Å². The van der Waals surface area contributed by atoms with Gasteiger partial charge in [0.15, 0.2) is 17.5 Å². The number of benzene rings is 8. The summed E-state index contributed by atoms with van der Waals surface area (Å²) in [7, 11) is 0. The molecule has 0 amide bonds. The first-order valence-corrected chi connectivity index (χ1v) is 18.8. The highest BCUT2D eigenvalue weighted by Crippen LogP contribution is 2.37. The Bertz CT molecular complexity index is 3180. The van der Waals surface area contributed by atoms with E-state index in [0.717, 1.165) is 72.1 Å². The average Bonchev–Trinajstić information content (AvgIpc) is 3.82. The zero-order valence-corrected chi connectivity index (χ0v) is 30.2. The standard InChI is InChI=1S/C51H32N4O/c1-3-12-34(13-4-1)49-52-50(35-14-5-2-6-15-35)54-51(53-49)39-17-11-16-36(30-39)38-24-28-46-43(31-38)41-18-7-9-20-45(41)55(46)40-26-22-33(23-27-40)37-25-29-48-44(32-37)42-19-8-10-21-47(42)56-48/h1-32H. The Morgan fingerprint density at radius 1 is 0.304 bits per heavy atom. The van der Waals surface area contributed by atoms with E-state index in [9.17, 15) is 0 Å². The van der Waals surface area contributed by atoms with E-state index in [1.807, 2.05) is 72.8 Å². The Morgan fingerprint density at radius 3 is 1.55 bits per heavy atom. The second-order valence-corrected chi connectivity index (χ2v) is 14.1. The van der Waals surface area contributed by atoms with Gasteiger partial charge in [-0.15, -0.1) is 0 Å². The van der Waals surface area contributed by atoms with E-state index in [1.54, 1.807) is 0 Å². The van der Waals surface area contributed by atoms with Crippen molar-refractivity contribution in [1.82, 2.24) is 19.5 Å². The third kappa shape index (κ3) is 5.45. The predicted molar refractivity (Wildman–Crippen MR) is 229 cm³/mol. The molecule has 0 N–H and O–H groups in total. The molecular weight excluding hydrogens is 685 g/mol. The van der Waals surface area contributed by atoms with Crippen LogP contribution in [0.2, 0.25) is 0 Å². The van der Waals surface area contributed by atoms with Crippen LogP contribution in [-0.2, 0) is 0 Å². The van der Waals surface area contributed by atoms with Crippen molar-refractivity contribution in [3.05, 3.63) is 194 Å². The summed E-state index contributed by atoms with van der Waals surface area (Å²) in [4.78, 5) is 14.8. The van der Waals surface area contributed by atoms with E-state index in [0.29, 0.717) is 17.5 Å². The first-order valence-electron chi connectivity index (χ1n) is 18.8. The first kappa shape index (κ1) is 31.9. The summed E-state index contributed by atoms with van der Waals surface area (Å²) in [6.07, 6.45) is 0. The maximum absolute atomic E-state index is 6.08. The van der Waals surface area contributed by atoms with Crippen molar-refractivity contribution in [1.29, 1.82) is 0 Å². The maximum atomic E-state index is 6.08. The van der Waals surface area contributed by atoms with Crippen LogP contribution in [0.3, 0.4) is 0 Å². The Labute approximate surface area is 322 Å². The largest absolute Gasteiger partial charge is 0.456 e. The molecule has 0 unspecified atom stereocenters. The van der Waals surface area contributed by atoms with Gasteiger partial charge in [-0.05, 0) is 76.9 Å². The summed E-state index contributed by atoms with van der Waals surface area (Å²) in [5, 5.41) is 4.67. The van der Waals surface area contributed by atoms with Gasteiger partial charge in [0, 0.05) is 43.9 Å². The summed E-state index contributed by atoms with van der Waals surface area (Å²) < 4.78 is 8.45. The molecule has 3 aromatic heterocycles. The SMILES string of the molecule is c1ccc(-c2nc(-c3ccccc3)nc(-c3cccc(-c4ccc5c(c4)c4ccccc4n5-c4ccc(-c5ccc6oc7ccccc7c6c5)cc4)c3)n2)cc1. The minimum Gasteiger partial charge on any atom is -0.456 e. The molecule has 0 aliphatic heterocycles. The molecule has 0 saturated carbocycles. The van der Waals surface area contributed by atoms with Gasteiger partial charge in [-0.1, -0.05) is 140 Å². The van der Waals surface area contributed by atoms with Crippen molar-refractivity contribution in [3.63, 3.8) is 0 Å². The highest BCUT2D eigenvalue weighted by Gasteiger charge is 2.16. The van der Waals surface area contributed by atoms with Gasteiger partial charge in [-0.2, -0.15) is 0 Å². The molecule has 0 atom stereocenters. The van der Waals surface area contributed by atoms with Gasteiger partial charge >= 0.3 is 0 Å². The Morgan fingerprint density at radius 2 is 0.804 bits per heavy atom. The number of furan rings is 1. The predicted octanol–water partition coefficient (Wildman–Crippen LogP) is 13.2. The van der Waals surface area contributed by atoms with E-state index in [-0.39, 0.29) is 0 Å². The fourth-order valence-electron chi connectivity index (χ4n) is 7.91. The lowest BCUT2D eigenvalue weighted by atomic mass is 10.0. The molecule has 3 heterocycles. The molecule has 0 saturated heterocycles. The number of hydrogen-bond acceptors (Lipinski definition) is 4. The summed E-state index contributed by atoms with van der Waals surface area (Å²) in [6, 6.07) is 67.6. The highest BCUT2D eigenvalue weighted by molar-refractivity contribution is 6.10. The lowest BCUT2D eigenvalue weighted by Gasteiger charge is -2.11. The molecule has 11 rings (SSSR count). The van der Waals surface area contributed by atoms with E-state index in [4.69, 9.17) is 19.4 Å². The first-order chi connectivity index (χ1) is 27.7. The molecule has 0 fully saturated rings. The van der Waals surface area contributed by atoms with Gasteiger partial charge in [0.25, 0.3) is 0 Å². The summed E-state index contributed by atoms with van der Waals surface area (Å²) >= 11 is 0. The number of para-hydroxylation sites is 2. The molecule has 0 aliphatic rings. The molecule has 0 spiro atoms. The fourth-order valence-corrected chi connectivity index (χ4v) is 7.91.